The molecular weight excluding hydrogens is 445 g/mol. The third-order valence-electron chi connectivity index (χ3n) is 7.57. The fourth-order valence-electron chi connectivity index (χ4n) is 5.44. The Balaban J connectivity index is 1.55. The van der Waals surface area contributed by atoms with Gasteiger partial charge in [0.25, 0.3) is 5.91 Å². The van der Waals surface area contributed by atoms with E-state index in [1.54, 1.807) is 24.1 Å². The molecule has 1 aliphatic heterocycles. The van der Waals surface area contributed by atoms with Gasteiger partial charge < -0.3 is 19.5 Å². The lowest BCUT2D eigenvalue weighted by atomic mass is 9.93. The molecular formula is C28H32FN3O3. The highest BCUT2D eigenvalue weighted by molar-refractivity contribution is 6.03. The number of halogens is 1. The highest BCUT2D eigenvalue weighted by Crippen LogP contribution is 2.35. The maximum atomic E-state index is 13.9. The van der Waals surface area contributed by atoms with Gasteiger partial charge in [0.05, 0.1) is 19.2 Å². The minimum atomic E-state index is -1.11. The first kappa shape index (κ1) is 23.4. The predicted octanol–water partition coefficient (Wildman–Crippen LogP) is 5.04. The Morgan fingerprint density at radius 1 is 1.09 bits per heavy atom. The molecule has 184 valence electrons. The van der Waals surface area contributed by atoms with Gasteiger partial charge in [-0.1, -0.05) is 37.8 Å². The van der Waals surface area contributed by atoms with Gasteiger partial charge in [-0.2, -0.15) is 0 Å². The number of hydrogen-bond acceptors (Lipinski definition) is 3. The lowest BCUT2D eigenvalue weighted by molar-refractivity contribution is -0.134. The highest BCUT2D eigenvalue weighted by Gasteiger charge is 2.48. The van der Waals surface area contributed by atoms with Crippen molar-refractivity contribution in [1.29, 1.82) is 0 Å². The number of benzene rings is 2. The van der Waals surface area contributed by atoms with Crippen LogP contribution in [-0.4, -0.2) is 40.0 Å². The number of amides is 2. The zero-order valence-electron chi connectivity index (χ0n) is 20.4. The topological polar surface area (TPSA) is 63.6 Å². The number of ether oxygens (including phenoxy) is 1. The third-order valence-corrected chi connectivity index (χ3v) is 7.57. The Hall–Kier alpha value is -3.35. The molecule has 2 aliphatic rings. The van der Waals surface area contributed by atoms with Crippen molar-refractivity contribution in [3.63, 3.8) is 0 Å². The zero-order chi connectivity index (χ0) is 24.6. The minimum Gasteiger partial charge on any atom is -0.497 e. The van der Waals surface area contributed by atoms with Gasteiger partial charge in [0.2, 0.25) is 5.91 Å². The molecule has 2 heterocycles. The maximum absolute atomic E-state index is 13.9. The van der Waals surface area contributed by atoms with Gasteiger partial charge in [-0.05, 0) is 55.7 Å². The summed E-state index contributed by atoms with van der Waals surface area (Å²) in [6.07, 6.45) is 6.52. The number of nitrogens with one attached hydrogen (secondary N) is 1. The van der Waals surface area contributed by atoms with E-state index >= 15 is 0 Å². The average Bonchev–Trinajstić information content (AvgIpc) is 3.01. The van der Waals surface area contributed by atoms with Crippen molar-refractivity contribution in [3.05, 3.63) is 65.6 Å². The van der Waals surface area contributed by atoms with Gasteiger partial charge in [-0.25, -0.2) is 4.39 Å². The van der Waals surface area contributed by atoms with Crippen molar-refractivity contribution in [3.8, 4) is 5.75 Å². The molecule has 6 nitrogen and oxygen atoms in total. The van der Waals surface area contributed by atoms with E-state index in [0.29, 0.717) is 18.0 Å². The zero-order valence-corrected chi connectivity index (χ0v) is 20.4. The minimum absolute atomic E-state index is 0.118. The second kappa shape index (κ2) is 9.36. The molecule has 7 heteroatoms. The summed E-state index contributed by atoms with van der Waals surface area (Å²) in [4.78, 5) is 29.4. The van der Waals surface area contributed by atoms with E-state index in [2.05, 4.69) is 5.32 Å². The highest BCUT2D eigenvalue weighted by atomic mass is 19.1. The predicted molar refractivity (Wildman–Crippen MR) is 133 cm³/mol. The van der Waals surface area contributed by atoms with Crippen LogP contribution in [0.15, 0.2) is 48.5 Å². The van der Waals surface area contributed by atoms with E-state index < -0.39 is 5.54 Å². The molecule has 0 radical (unpaired) electrons. The monoisotopic (exact) mass is 477 g/mol. The lowest BCUT2D eigenvalue weighted by Crippen LogP contribution is -2.64. The summed E-state index contributed by atoms with van der Waals surface area (Å²) in [6, 6.07) is 13.8. The van der Waals surface area contributed by atoms with E-state index in [1.165, 1.54) is 25.0 Å². The summed E-state index contributed by atoms with van der Waals surface area (Å²) in [5, 5.41) is 4.20. The van der Waals surface area contributed by atoms with E-state index in [1.807, 2.05) is 35.8 Å². The molecule has 1 aliphatic carbocycles. The molecule has 0 spiro atoms. The van der Waals surface area contributed by atoms with Crippen molar-refractivity contribution in [2.75, 3.05) is 7.11 Å². The maximum Gasteiger partial charge on any atom is 0.271 e. The molecule has 2 amide bonds. The number of rotatable bonds is 5. The molecule has 3 aromatic rings. The number of carbonyl (C=O) groups is 2. The van der Waals surface area contributed by atoms with Crippen LogP contribution in [0.5, 0.6) is 5.75 Å². The largest absolute Gasteiger partial charge is 0.497 e. The van der Waals surface area contributed by atoms with Crippen molar-refractivity contribution < 1.29 is 18.7 Å². The first-order valence-corrected chi connectivity index (χ1v) is 12.4. The Bertz CT molecular complexity index is 1240. The first-order chi connectivity index (χ1) is 16.9. The fraction of sp³-hybridized carbons (Fsp3) is 0.429. The third kappa shape index (κ3) is 4.40. The standard InChI is InChI=1S/C28H32FN3O3/c1-28(27(34)30-22-7-5-3-4-6-8-22)18-31-24-16-23(35-2)14-11-20(24)15-25(31)26(33)32(28)17-19-9-12-21(29)13-10-19/h9-16,22H,3-8,17-18H2,1-2H3,(H,30,34)/t28-/m0/s1. The first-order valence-electron chi connectivity index (χ1n) is 12.4. The molecule has 2 aromatic carbocycles. The van der Waals surface area contributed by atoms with Gasteiger partial charge in [-0.15, -0.1) is 0 Å². The van der Waals surface area contributed by atoms with Crippen LogP contribution in [0.3, 0.4) is 0 Å². The molecule has 35 heavy (non-hydrogen) atoms. The van der Waals surface area contributed by atoms with Gasteiger partial charge in [0.1, 0.15) is 22.8 Å². The Labute approximate surface area is 205 Å². The van der Waals surface area contributed by atoms with Crippen LogP contribution in [0, 0.1) is 5.82 Å². The molecule has 1 aromatic heterocycles. The van der Waals surface area contributed by atoms with Crippen molar-refractivity contribution in [2.45, 2.75) is 70.1 Å². The second-order valence-corrected chi connectivity index (χ2v) is 9.99. The molecule has 5 rings (SSSR count). The normalized spacial score (nSPS) is 21.0. The molecule has 0 unspecified atom stereocenters. The molecule has 1 fully saturated rings. The Kier molecular flexibility index (Phi) is 6.26. The van der Waals surface area contributed by atoms with E-state index in [9.17, 15) is 14.0 Å². The fourth-order valence-corrected chi connectivity index (χ4v) is 5.44. The summed E-state index contributed by atoms with van der Waals surface area (Å²) in [5.41, 5.74) is 1.07. The number of nitrogens with zero attached hydrogens (tertiary/aromatic N) is 2. The van der Waals surface area contributed by atoms with Crippen LogP contribution < -0.4 is 10.1 Å². The number of fused-ring (bicyclic) bond motifs is 3. The summed E-state index contributed by atoms with van der Waals surface area (Å²) in [5.74, 6) is 0.00961. The quantitative estimate of drug-likeness (QED) is 0.524. The molecule has 0 saturated heterocycles. The molecule has 1 saturated carbocycles. The summed E-state index contributed by atoms with van der Waals surface area (Å²) in [6.45, 7) is 2.39. The van der Waals surface area contributed by atoms with Crippen LogP contribution in [0.4, 0.5) is 4.39 Å². The van der Waals surface area contributed by atoms with Gasteiger partial charge in [0, 0.05) is 24.0 Å². The number of methoxy groups -OCH3 is 1. The summed E-state index contributed by atoms with van der Waals surface area (Å²) in [7, 11) is 1.61. The summed E-state index contributed by atoms with van der Waals surface area (Å²) >= 11 is 0. The van der Waals surface area contributed by atoms with Crippen LogP contribution in [0.1, 0.15) is 61.5 Å². The van der Waals surface area contributed by atoms with Gasteiger partial charge in [-0.3, -0.25) is 9.59 Å². The molecule has 1 N–H and O–H groups in total. The second-order valence-electron chi connectivity index (χ2n) is 9.99. The van der Waals surface area contributed by atoms with Crippen LogP contribution in [0.2, 0.25) is 0 Å². The number of hydrogen-bond donors (Lipinski definition) is 1. The van der Waals surface area contributed by atoms with E-state index in [-0.39, 0.29) is 30.2 Å². The number of carbonyl (C=O) groups excluding carboxylic acids is 2. The smallest absolute Gasteiger partial charge is 0.271 e. The van der Waals surface area contributed by atoms with E-state index in [4.69, 9.17) is 4.74 Å². The van der Waals surface area contributed by atoms with Crippen molar-refractivity contribution >= 4 is 22.7 Å². The lowest BCUT2D eigenvalue weighted by Gasteiger charge is -2.44. The van der Waals surface area contributed by atoms with Crippen LogP contribution >= 0.6 is 0 Å². The number of aromatic nitrogens is 1. The van der Waals surface area contributed by atoms with Crippen molar-refractivity contribution in [1.82, 2.24) is 14.8 Å². The SMILES string of the molecule is COc1ccc2cc3n(c2c1)C[C@@](C)(C(=O)NC1CCCCCC1)N(Cc1ccc(F)cc1)C3=O. The molecule has 1 atom stereocenters. The van der Waals surface area contributed by atoms with E-state index in [0.717, 1.165) is 42.1 Å². The Morgan fingerprint density at radius 3 is 2.49 bits per heavy atom. The van der Waals surface area contributed by atoms with Gasteiger partial charge in [0.15, 0.2) is 0 Å². The van der Waals surface area contributed by atoms with Crippen LogP contribution in [-0.2, 0) is 17.9 Å². The molecule has 0 bridgehead atoms. The van der Waals surface area contributed by atoms with Crippen LogP contribution in [0.25, 0.3) is 10.9 Å². The van der Waals surface area contributed by atoms with Gasteiger partial charge >= 0.3 is 0 Å². The summed E-state index contributed by atoms with van der Waals surface area (Å²) < 4.78 is 20.9. The van der Waals surface area contributed by atoms with Crippen molar-refractivity contribution in [2.24, 2.45) is 0 Å². The average molecular weight is 478 g/mol. The Morgan fingerprint density at radius 2 is 1.80 bits per heavy atom.